The molecule has 21 heavy (non-hydrogen) atoms. The van der Waals surface area contributed by atoms with Crippen molar-refractivity contribution in [2.24, 2.45) is 5.92 Å². The minimum Gasteiger partial charge on any atom is -0.376 e. The molecule has 116 valence electrons. The van der Waals surface area contributed by atoms with Crippen LogP contribution in [0.25, 0.3) is 0 Å². The van der Waals surface area contributed by atoms with Crippen LogP contribution in [-0.4, -0.2) is 42.0 Å². The lowest BCUT2D eigenvalue weighted by Gasteiger charge is -2.21. The number of rotatable bonds is 4. The summed E-state index contributed by atoms with van der Waals surface area (Å²) in [5.41, 5.74) is 0. The van der Waals surface area contributed by atoms with E-state index in [4.69, 9.17) is 9.47 Å². The highest BCUT2D eigenvalue weighted by Gasteiger charge is 2.24. The smallest absolute Gasteiger partial charge is 0.257 e. The van der Waals surface area contributed by atoms with Crippen LogP contribution < -0.4 is 5.32 Å². The predicted molar refractivity (Wildman–Crippen MR) is 79.4 cm³/mol. The lowest BCUT2D eigenvalue weighted by Crippen LogP contribution is -2.39. The maximum absolute atomic E-state index is 12.0. The van der Waals surface area contributed by atoms with Crippen molar-refractivity contribution < 1.29 is 14.3 Å². The molecule has 3 rings (SSSR count). The van der Waals surface area contributed by atoms with E-state index in [1.807, 2.05) is 0 Å². The SMILES string of the molecule is O=C(Nc1nnc(CC2CCCCC2)s1)C1COCCO1. The fraction of sp³-hybridized carbons (Fsp3) is 0.786. The summed E-state index contributed by atoms with van der Waals surface area (Å²) in [4.78, 5) is 12.0. The molecule has 1 unspecified atom stereocenters. The second-order valence-corrected chi connectivity index (χ2v) is 6.69. The first-order valence-electron chi connectivity index (χ1n) is 7.64. The summed E-state index contributed by atoms with van der Waals surface area (Å²) in [5, 5.41) is 12.6. The molecule has 1 saturated carbocycles. The summed E-state index contributed by atoms with van der Waals surface area (Å²) >= 11 is 1.47. The third-order valence-corrected chi connectivity index (χ3v) is 4.85. The minimum absolute atomic E-state index is 0.199. The van der Waals surface area contributed by atoms with Crippen LogP contribution in [0.2, 0.25) is 0 Å². The third-order valence-electron chi connectivity index (χ3n) is 3.99. The van der Waals surface area contributed by atoms with Crippen molar-refractivity contribution >= 4 is 22.4 Å². The molecule has 0 bridgehead atoms. The summed E-state index contributed by atoms with van der Waals surface area (Å²) in [6.45, 7) is 1.31. The Morgan fingerprint density at radius 1 is 1.24 bits per heavy atom. The van der Waals surface area contributed by atoms with E-state index in [1.165, 1.54) is 43.4 Å². The van der Waals surface area contributed by atoms with Gasteiger partial charge in [-0.15, -0.1) is 10.2 Å². The van der Waals surface area contributed by atoms with Crippen LogP contribution in [0.1, 0.15) is 37.1 Å². The zero-order chi connectivity index (χ0) is 14.5. The van der Waals surface area contributed by atoms with Crippen molar-refractivity contribution in [3.05, 3.63) is 5.01 Å². The lowest BCUT2D eigenvalue weighted by molar-refractivity contribution is -0.142. The first-order valence-corrected chi connectivity index (χ1v) is 8.45. The molecule has 1 saturated heterocycles. The number of nitrogens with zero attached hydrogens (tertiary/aromatic N) is 2. The molecule has 2 heterocycles. The molecule has 1 aliphatic heterocycles. The van der Waals surface area contributed by atoms with Gasteiger partial charge in [-0.2, -0.15) is 0 Å². The molecule has 1 N–H and O–H groups in total. The first-order chi connectivity index (χ1) is 10.3. The minimum atomic E-state index is -0.538. The van der Waals surface area contributed by atoms with Gasteiger partial charge < -0.3 is 9.47 Å². The second-order valence-electron chi connectivity index (χ2n) is 5.63. The van der Waals surface area contributed by atoms with Crippen LogP contribution in [0.4, 0.5) is 5.13 Å². The van der Waals surface area contributed by atoms with Crippen LogP contribution in [0, 0.1) is 5.92 Å². The molecule has 1 atom stereocenters. The van der Waals surface area contributed by atoms with Gasteiger partial charge in [-0.1, -0.05) is 43.4 Å². The van der Waals surface area contributed by atoms with Gasteiger partial charge in [-0.05, 0) is 5.92 Å². The van der Waals surface area contributed by atoms with Crippen LogP contribution in [0.3, 0.4) is 0 Å². The number of nitrogens with one attached hydrogen (secondary N) is 1. The van der Waals surface area contributed by atoms with E-state index in [1.54, 1.807) is 0 Å². The first kappa shape index (κ1) is 14.9. The Morgan fingerprint density at radius 2 is 2.10 bits per heavy atom. The van der Waals surface area contributed by atoms with Gasteiger partial charge in [0.2, 0.25) is 5.13 Å². The number of ether oxygens (including phenoxy) is 2. The maximum atomic E-state index is 12.0. The van der Waals surface area contributed by atoms with Gasteiger partial charge in [0, 0.05) is 6.42 Å². The molecule has 1 aromatic heterocycles. The van der Waals surface area contributed by atoms with E-state index in [9.17, 15) is 4.79 Å². The number of anilines is 1. The fourth-order valence-corrected chi connectivity index (χ4v) is 3.71. The predicted octanol–water partition coefficient (Wildman–Crippen LogP) is 2.01. The molecular weight excluding hydrogens is 290 g/mol. The largest absolute Gasteiger partial charge is 0.376 e. The van der Waals surface area contributed by atoms with E-state index in [2.05, 4.69) is 15.5 Å². The molecule has 0 aromatic carbocycles. The monoisotopic (exact) mass is 311 g/mol. The number of hydrogen-bond acceptors (Lipinski definition) is 6. The number of amides is 1. The Balaban J connectivity index is 1.50. The molecule has 7 heteroatoms. The number of carbonyl (C=O) groups excluding carboxylic acids is 1. The van der Waals surface area contributed by atoms with Crippen LogP contribution in [-0.2, 0) is 20.7 Å². The van der Waals surface area contributed by atoms with Gasteiger partial charge in [-0.3, -0.25) is 10.1 Å². The average molecular weight is 311 g/mol. The van der Waals surface area contributed by atoms with Crippen molar-refractivity contribution in [3.8, 4) is 0 Å². The summed E-state index contributed by atoms with van der Waals surface area (Å²) in [6.07, 6.45) is 7.03. The zero-order valence-corrected chi connectivity index (χ0v) is 12.9. The quantitative estimate of drug-likeness (QED) is 0.921. The van der Waals surface area contributed by atoms with E-state index in [0.29, 0.717) is 25.0 Å². The van der Waals surface area contributed by atoms with Gasteiger partial charge in [-0.25, -0.2) is 0 Å². The highest BCUT2D eigenvalue weighted by Crippen LogP contribution is 2.28. The van der Waals surface area contributed by atoms with Crippen molar-refractivity contribution in [1.29, 1.82) is 0 Å². The third kappa shape index (κ3) is 4.21. The summed E-state index contributed by atoms with van der Waals surface area (Å²) in [7, 11) is 0. The Kier molecular flexibility index (Phi) is 5.16. The summed E-state index contributed by atoms with van der Waals surface area (Å²) in [6, 6.07) is 0. The Hall–Kier alpha value is -1.05. The summed E-state index contributed by atoms with van der Waals surface area (Å²) in [5.74, 6) is 0.528. The van der Waals surface area contributed by atoms with Gasteiger partial charge in [0.15, 0.2) is 6.10 Å². The maximum Gasteiger partial charge on any atom is 0.257 e. The van der Waals surface area contributed by atoms with Gasteiger partial charge >= 0.3 is 0 Å². The molecule has 1 aliphatic carbocycles. The van der Waals surface area contributed by atoms with E-state index < -0.39 is 6.10 Å². The van der Waals surface area contributed by atoms with Crippen molar-refractivity contribution in [3.63, 3.8) is 0 Å². The van der Waals surface area contributed by atoms with Crippen molar-refractivity contribution in [2.45, 2.75) is 44.6 Å². The van der Waals surface area contributed by atoms with E-state index >= 15 is 0 Å². The number of hydrogen-bond donors (Lipinski definition) is 1. The van der Waals surface area contributed by atoms with Gasteiger partial charge in [0.25, 0.3) is 5.91 Å². The average Bonchev–Trinajstić information content (AvgIpc) is 2.96. The second kappa shape index (κ2) is 7.29. The van der Waals surface area contributed by atoms with Gasteiger partial charge in [0.05, 0.1) is 19.8 Å². The van der Waals surface area contributed by atoms with Crippen LogP contribution in [0.5, 0.6) is 0 Å². The molecule has 1 amide bonds. The Labute approximate surface area is 128 Å². The normalized spacial score (nSPS) is 23.9. The molecule has 0 radical (unpaired) electrons. The molecule has 0 spiro atoms. The zero-order valence-electron chi connectivity index (χ0n) is 12.0. The number of carbonyl (C=O) groups is 1. The Morgan fingerprint density at radius 3 is 2.86 bits per heavy atom. The Bertz CT molecular complexity index is 468. The fourth-order valence-electron chi connectivity index (χ4n) is 2.85. The molecule has 2 fully saturated rings. The summed E-state index contributed by atoms with van der Waals surface area (Å²) < 4.78 is 10.6. The van der Waals surface area contributed by atoms with Crippen LogP contribution >= 0.6 is 11.3 Å². The molecular formula is C14H21N3O3S. The van der Waals surface area contributed by atoms with Gasteiger partial charge in [0.1, 0.15) is 5.01 Å². The highest BCUT2D eigenvalue weighted by molar-refractivity contribution is 7.15. The number of aromatic nitrogens is 2. The van der Waals surface area contributed by atoms with Crippen molar-refractivity contribution in [2.75, 3.05) is 25.1 Å². The topological polar surface area (TPSA) is 73.3 Å². The highest BCUT2D eigenvalue weighted by atomic mass is 32.1. The van der Waals surface area contributed by atoms with Crippen molar-refractivity contribution in [1.82, 2.24) is 10.2 Å². The standard InChI is InChI=1S/C14H21N3O3S/c18-13(11-9-19-6-7-20-11)15-14-17-16-12(21-14)8-10-4-2-1-3-5-10/h10-11H,1-9H2,(H,15,17,18). The van der Waals surface area contributed by atoms with E-state index in [0.717, 1.165) is 17.3 Å². The molecule has 6 nitrogen and oxygen atoms in total. The lowest BCUT2D eigenvalue weighted by atomic mass is 9.87. The van der Waals surface area contributed by atoms with E-state index in [-0.39, 0.29) is 5.91 Å². The molecule has 1 aromatic rings. The van der Waals surface area contributed by atoms with Crippen LogP contribution in [0.15, 0.2) is 0 Å². The molecule has 2 aliphatic rings.